The Bertz CT molecular complexity index is 461. The molecule has 0 unspecified atom stereocenters. The smallest absolute Gasteiger partial charge is 0.145 e. The molecular weight excluding hydrogens is 217 g/mol. The van der Waals surface area contributed by atoms with Gasteiger partial charge in [-0.15, -0.1) is 0 Å². The summed E-state index contributed by atoms with van der Waals surface area (Å²) in [5.41, 5.74) is 6.62. The van der Waals surface area contributed by atoms with E-state index in [1.807, 2.05) is 0 Å². The van der Waals surface area contributed by atoms with Crippen molar-refractivity contribution in [3.8, 4) is 0 Å². The summed E-state index contributed by atoms with van der Waals surface area (Å²) in [5, 5.41) is 6.87. The highest BCUT2D eigenvalue weighted by molar-refractivity contribution is 6.31. The van der Waals surface area contributed by atoms with Gasteiger partial charge in [0.05, 0.1) is 0 Å². The van der Waals surface area contributed by atoms with Crippen LogP contribution in [0.4, 0.5) is 10.2 Å². The molecule has 0 radical (unpaired) electrons. The molecule has 0 amide bonds. The second kappa shape index (κ2) is 3.90. The summed E-state index contributed by atoms with van der Waals surface area (Å²) in [6.07, 6.45) is 0.357. The lowest BCUT2D eigenvalue weighted by atomic mass is 10.1. The molecule has 1 heterocycles. The first-order valence-electron chi connectivity index (χ1n) is 4.39. The second-order valence-electron chi connectivity index (χ2n) is 3.20. The van der Waals surface area contributed by atoms with Crippen molar-refractivity contribution in [2.75, 3.05) is 5.73 Å². The minimum atomic E-state index is -0.323. The van der Waals surface area contributed by atoms with Gasteiger partial charge in [0.1, 0.15) is 11.6 Å². The summed E-state index contributed by atoms with van der Waals surface area (Å²) >= 11 is 5.88. The molecule has 0 aliphatic rings. The van der Waals surface area contributed by atoms with Gasteiger partial charge in [-0.2, -0.15) is 5.10 Å². The van der Waals surface area contributed by atoms with E-state index in [1.165, 1.54) is 6.07 Å². The van der Waals surface area contributed by atoms with E-state index >= 15 is 0 Å². The van der Waals surface area contributed by atoms with E-state index in [9.17, 15) is 4.39 Å². The van der Waals surface area contributed by atoms with Gasteiger partial charge < -0.3 is 5.73 Å². The van der Waals surface area contributed by atoms with Crippen LogP contribution in [-0.2, 0) is 6.42 Å². The number of H-pyrrole nitrogens is 1. The van der Waals surface area contributed by atoms with Crippen LogP contribution in [0.15, 0.2) is 24.3 Å². The van der Waals surface area contributed by atoms with Gasteiger partial charge in [-0.25, -0.2) is 4.39 Å². The molecule has 0 bridgehead atoms. The van der Waals surface area contributed by atoms with E-state index in [4.69, 9.17) is 17.3 Å². The molecule has 0 saturated carbocycles. The van der Waals surface area contributed by atoms with Crippen molar-refractivity contribution in [2.24, 2.45) is 0 Å². The number of aromatic nitrogens is 2. The van der Waals surface area contributed by atoms with Gasteiger partial charge in [0, 0.05) is 28.8 Å². The fraction of sp³-hybridized carbons (Fsp3) is 0.100. The van der Waals surface area contributed by atoms with Crippen LogP contribution in [-0.4, -0.2) is 10.2 Å². The maximum atomic E-state index is 13.4. The number of nitrogens with one attached hydrogen (secondary N) is 1. The highest BCUT2D eigenvalue weighted by atomic mass is 35.5. The third-order valence-electron chi connectivity index (χ3n) is 2.08. The monoisotopic (exact) mass is 225 g/mol. The van der Waals surface area contributed by atoms with Crippen LogP contribution < -0.4 is 5.73 Å². The Morgan fingerprint density at radius 3 is 2.87 bits per heavy atom. The van der Waals surface area contributed by atoms with Crippen molar-refractivity contribution >= 4 is 17.4 Å². The molecule has 15 heavy (non-hydrogen) atoms. The number of anilines is 1. The molecule has 0 saturated heterocycles. The number of nitrogens with two attached hydrogens (primary N) is 1. The third-order valence-corrected chi connectivity index (χ3v) is 2.43. The van der Waals surface area contributed by atoms with E-state index < -0.39 is 0 Å². The highest BCUT2D eigenvalue weighted by Gasteiger charge is 2.08. The van der Waals surface area contributed by atoms with Gasteiger partial charge in [-0.1, -0.05) is 17.7 Å². The predicted octanol–water partition coefficient (Wildman–Crippen LogP) is 2.38. The number of benzene rings is 1. The number of rotatable bonds is 2. The minimum absolute atomic E-state index is 0.323. The molecule has 3 nitrogen and oxygen atoms in total. The zero-order chi connectivity index (χ0) is 10.8. The Hall–Kier alpha value is -1.55. The summed E-state index contributed by atoms with van der Waals surface area (Å²) in [7, 11) is 0. The largest absolute Gasteiger partial charge is 0.382 e. The Kier molecular flexibility index (Phi) is 2.60. The van der Waals surface area contributed by atoms with Gasteiger partial charge in [0.2, 0.25) is 0 Å². The predicted molar refractivity (Wildman–Crippen MR) is 57.2 cm³/mol. The minimum Gasteiger partial charge on any atom is -0.382 e. The second-order valence-corrected chi connectivity index (χ2v) is 3.60. The molecule has 1 aromatic heterocycles. The van der Waals surface area contributed by atoms with Crippen molar-refractivity contribution in [3.05, 3.63) is 46.4 Å². The van der Waals surface area contributed by atoms with Crippen molar-refractivity contribution in [3.63, 3.8) is 0 Å². The Morgan fingerprint density at radius 2 is 2.27 bits per heavy atom. The normalized spacial score (nSPS) is 10.5. The average molecular weight is 226 g/mol. The van der Waals surface area contributed by atoms with Gasteiger partial charge in [-0.3, -0.25) is 5.10 Å². The van der Waals surface area contributed by atoms with Crippen molar-refractivity contribution in [1.29, 1.82) is 0 Å². The van der Waals surface area contributed by atoms with Crippen LogP contribution in [0.25, 0.3) is 0 Å². The Morgan fingerprint density at radius 1 is 1.47 bits per heavy atom. The van der Waals surface area contributed by atoms with Crippen LogP contribution in [0.5, 0.6) is 0 Å². The molecule has 0 fully saturated rings. The number of aromatic amines is 1. The summed E-state index contributed by atoms with van der Waals surface area (Å²) in [6.45, 7) is 0. The summed E-state index contributed by atoms with van der Waals surface area (Å²) in [4.78, 5) is 0. The maximum Gasteiger partial charge on any atom is 0.145 e. The molecule has 2 aromatic rings. The average Bonchev–Trinajstić information content (AvgIpc) is 2.58. The Labute approximate surface area is 91.1 Å². The molecule has 0 aliphatic carbocycles. The molecule has 5 heteroatoms. The van der Waals surface area contributed by atoms with Gasteiger partial charge in [0.25, 0.3) is 0 Å². The summed E-state index contributed by atoms with van der Waals surface area (Å²) in [6, 6.07) is 6.26. The fourth-order valence-corrected chi connectivity index (χ4v) is 1.59. The van der Waals surface area contributed by atoms with Gasteiger partial charge >= 0.3 is 0 Å². The summed E-state index contributed by atoms with van der Waals surface area (Å²) in [5.74, 6) is 0.0631. The number of nitrogen functional groups attached to an aromatic ring is 1. The van der Waals surface area contributed by atoms with E-state index in [1.54, 1.807) is 18.2 Å². The lowest BCUT2D eigenvalue weighted by Gasteiger charge is -2.03. The van der Waals surface area contributed by atoms with Crippen LogP contribution >= 0.6 is 11.6 Å². The first-order valence-corrected chi connectivity index (χ1v) is 4.77. The topological polar surface area (TPSA) is 54.7 Å². The van der Waals surface area contributed by atoms with Gasteiger partial charge in [0.15, 0.2) is 0 Å². The van der Waals surface area contributed by atoms with E-state index in [0.717, 1.165) is 5.69 Å². The lowest BCUT2D eigenvalue weighted by molar-refractivity contribution is 0.613. The molecule has 3 N–H and O–H groups in total. The molecule has 0 aliphatic heterocycles. The molecule has 1 aromatic carbocycles. The molecular formula is C10H9ClFN3. The molecule has 0 spiro atoms. The van der Waals surface area contributed by atoms with E-state index in [2.05, 4.69) is 10.2 Å². The van der Waals surface area contributed by atoms with Crippen LogP contribution in [0, 0.1) is 5.82 Å². The quantitative estimate of drug-likeness (QED) is 0.825. The number of hydrogen-bond acceptors (Lipinski definition) is 2. The van der Waals surface area contributed by atoms with Crippen LogP contribution in [0.2, 0.25) is 5.02 Å². The standard InChI is InChI=1S/C10H9ClFN3/c11-8-2-1-3-9(12)7(8)4-6-5-10(13)15-14-6/h1-3,5H,4H2,(H3,13,14,15). The molecule has 2 rings (SSSR count). The maximum absolute atomic E-state index is 13.4. The van der Waals surface area contributed by atoms with Crippen molar-refractivity contribution in [2.45, 2.75) is 6.42 Å². The first kappa shape index (κ1) is 9.98. The van der Waals surface area contributed by atoms with Gasteiger partial charge in [-0.05, 0) is 12.1 Å². The molecule has 0 atom stereocenters. The van der Waals surface area contributed by atoms with Crippen molar-refractivity contribution in [1.82, 2.24) is 10.2 Å². The fourth-order valence-electron chi connectivity index (χ4n) is 1.36. The number of hydrogen-bond donors (Lipinski definition) is 2. The SMILES string of the molecule is Nc1cc(Cc2c(F)cccc2Cl)[nH]n1. The van der Waals surface area contributed by atoms with Crippen LogP contribution in [0.1, 0.15) is 11.3 Å². The molecule has 78 valence electrons. The lowest BCUT2D eigenvalue weighted by Crippen LogP contribution is -1.94. The zero-order valence-corrected chi connectivity index (χ0v) is 8.55. The van der Waals surface area contributed by atoms with Crippen molar-refractivity contribution < 1.29 is 4.39 Å². The highest BCUT2D eigenvalue weighted by Crippen LogP contribution is 2.21. The van der Waals surface area contributed by atoms with E-state index in [-0.39, 0.29) is 5.82 Å². The zero-order valence-electron chi connectivity index (χ0n) is 7.80. The van der Waals surface area contributed by atoms with E-state index in [0.29, 0.717) is 22.8 Å². The van der Waals surface area contributed by atoms with Crippen LogP contribution in [0.3, 0.4) is 0 Å². The third kappa shape index (κ3) is 2.10. The first-order chi connectivity index (χ1) is 7.16. The number of nitrogens with zero attached hydrogens (tertiary/aromatic N) is 1. The Balaban J connectivity index is 2.31. The summed E-state index contributed by atoms with van der Waals surface area (Å²) < 4.78 is 13.4. The number of halogens is 2.